The number of aryl methyl sites for hydroxylation is 1. The van der Waals surface area contributed by atoms with Crippen LogP contribution in [0.4, 0.5) is 5.82 Å². The van der Waals surface area contributed by atoms with Crippen LogP contribution in [-0.2, 0) is 6.54 Å². The maximum Gasteiger partial charge on any atom is 0.165 e. The fourth-order valence-electron chi connectivity index (χ4n) is 2.16. The van der Waals surface area contributed by atoms with Crippen LogP contribution in [0.1, 0.15) is 6.42 Å². The molecule has 0 aliphatic carbocycles. The maximum absolute atomic E-state index is 5.76. The first-order valence-corrected chi connectivity index (χ1v) is 6.96. The average Bonchev–Trinajstić information content (AvgIpc) is 2.97. The molecule has 0 saturated heterocycles. The zero-order chi connectivity index (χ0) is 15.4. The van der Waals surface area contributed by atoms with Gasteiger partial charge in [0.15, 0.2) is 11.5 Å². The fraction of sp³-hybridized carbons (Fsp3) is 0.267. The summed E-state index contributed by atoms with van der Waals surface area (Å²) in [6, 6.07) is 7.52. The van der Waals surface area contributed by atoms with Crippen LogP contribution in [0, 0.1) is 0 Å². The van der Waals surface area contributed by atoms with E-state index in [1.807, 2.05) is 28.8 Å². The predicted octanol–water partition coefficient (Wildman–Crippen LogP) is 1.89. The number of nitrogen functional groups attached to an aromatic ring is 1. The number of ether oxygens (including phenoxy) is 2. The highest BCUT2D eigenvalue weighted by molar-refractivity contribution is 5.80. The second-order valence-electron chi connectivity index (χ2n) is 4.75. The first kappa shape index (κ1) is 14.1. The summed E-state index contributed by atoms with van der Waals surface area (Å²) in [4.78, 5) is 12.4. The molecule has 3 aromatic rings. The van der Waals surface area contributed by atoms with Crippen LogP contribution in [0.15, 0.2) is 36.9 Å². The number of benzene rings is 1. The minimum atomic E-state index is 0.401. The molecule has 0 amide bonds. The zero-order valence-corrected chi connectivity index (χ0v) is 12.3. The van der Waals surface area contributed by atoms with Crippen molar-refractivity contribution in [3.05, 3.63) is 36.9 Å². The molecule has 0 unspecified atom stereocenters. The van der Waals surface area contributed by atoms with Gasteiger partial charge in [-0.15, -0.1) is 0 Å². The molecular weight excluding hydrogens is 282 g/mol. The van der Waals surface area contributed by atoms with Crippen molar-refractivity contribution >= 4 is 17.0 Å². The molecule has 1 aromatic carbocycles. The maximum atomic E-state index is 5.76. The number of nitrogens with two attached hydrogens (primary N) is 1. The Hall–Kier alpha value is -2.83. The molecule has 3 rings (SSSR count). The Balaban J connectivity index is 1.55. The van der Waals surface area contributed by atoms with Gasteiger partial charge >= 0.3 is 0 Å². The van der Waals surface area contributed by atoms with Crippen molar-refractivity contribution in [3.63, 3.8) is 0 Å². The summed E-state index contributed by atoms with van der Waals surface area (Å²) in [5.41, 5.74) is 7.15. The Labute approximate surface area is 127 Å². The first-order valence-electron chi connectivity index (χ1n) is 6.96. The largest absolute Gasteiger partial charge is 0.497 e. The summed E-state index contributed by atoms with van der Waals surface area (Å²) < 4.78 is 12.7. The van der Waals surface area contributed by atoms with Crippen molar-refractivity contribution in [1.29, 1.82) is 0 Å². The molecule has 2 heterocycles. The number of hydrogen-bond acceptors (Lipinski definition) is 6. The molecule has 114 valence electrons. The van der Waals surface area contributed by atoms with E-state index < -0.39 is 0 Å². The molecule has 2 aromatic heterocycles. The standard InChI is InChI=1S/C15H17N5O2/c1-21-11-3-5-12(6-4-11)22-8-2-7-20-10-19-13-14(16)17-9-18-15(13)20/h3-6,9-10H,2,7-8H2,1H3,(H2,16,17,18). The Kier molecular flexibility index (Phi) is 4.04. The van der Waals surface area contributed by atoms with Crippen molar-refractivity contribution < 1.29 is 9.47 Å². The summed E-state index contributed by atoms with van der Waals surface area (Å²) in [6.07, 6.45) is 4.01. The molecule has 0 fully saturated rings. The minimum absolute atomic E-state index is 0.401. The Morgan fingerprint density at radius 2 is 1.86 bits per heavy atom. The van der Waals surface area contributed by atoms with Crippen molar-refractivity contribution in [2.75, 3.05) is 19.5 Å². The molecular formula is C15H17N5O2. The second-order valence-corrected chi connectivity index (χ2v) is 4.75. The zero-order valence-electron chi connectivity index (χ0n) is 12.3. The van der Waals surface area contributed by atoms with Gasteiger partial charge in [-0.25, -0.2) is 15.0 Å². The topological polar surface area (TPSA) is 88.1 Å². The summed E-state index contributed by atoms with van der Waals surface area (Å²) in [6.45, 7) is 1.36. The number of imidazole rings is 1. The molecule has 0 aliphatic heterocycles. The summed E-state index contributed by atoms with van der Waals surface area (Å²) >= 11 is 0. The van der Waals surface area contributed by atoms with Gasteiger partial charge in [0.1, 0.15) is 23.3 Å². The number of rotatable bonds is 6. The smallest absolute Gasteiger partial charge is 0.165 e. The summed E-state index contributed by atoms with van der Waals surface area (Å²) in [7, 11) is 1.64. The number of nitrogens with zero attached hydrogens (tertiary/aromatic N) is 4. The lowest BCUT2D eigenvalue weighted by Crippen LogP contribution is -2.04. The van der Waals surface area contributed by atoms with Gasteiger partial charge in [-0.3, -0.25) is 0 Å². The van der Waals surface area contributed by atoms with E-state index in [0.29, 0.717) is 17.9 Å². The van der Waals surface area contributed by atoms with Crippen molar-refractivity contribution in [3.8, 4) is 11.5 Å². The van der Waals surface area contributed by atoms with E-state index >= 15 is 0 Å². The molecule has 2 N–H and O–H groups in total. The molecule has 0 radical (unpaired) electrons. The quantitative estimate of drug-likeness (QED) is 0.699. The van der Waals surface area contributed by atoms with Gasteiger partial charge in [0.25, 0.3) is 0 Å². The van der Waals surface area contributed by atoms with E-state index in [2.05, 4.69) is 15.0 Å². The van der Waals surface area contributed by atoms with Crippen LogP contribution in [0.25, 0.3) is 11.2 Å². The van der Waals surface area contributed by atoms with Gasteiger partial charge in [-0.2, -0.15) is 0 Å². The van der Waals surface area contributed by atoms with Crippen LogP contribution >= 0.6 is 0 Å². The molecule has 0 aliphatic rings. The summed E-state index contributed by atoms with van der Waals surface area (Å²) in [5.74, 6) is 2.04. The van der Waals surface area contributed by atoms with E-state index in [1.54, 1.807) is 13.4 Å². The molecule has 7 nitrogen and oxygen atoms in total. The number of anilines is 1. The van der Waals surface area contributed by atoms with Gasteiger partial charge in [-0.05, 0) is 30.7 Å². The van der Waals surface area contributed by atoms with Crippen LogP contribution in [0.2, 0.25) is 0 Å². The third-order valence-electron chi connectivity index (χ3n) is 3.30. The molecule has 22 heavy (non-hydrogen) atoms. The van der Waals surface area contributed by atoms with Crippen LogP contribution in [0.5, 0.6) is 11.5 Å². The lowest BCUT2D eigenvalue weighted by molar-refractivity contribution is 0.302. The summed E-state index contributed by atoms with van der Waals surface area (Å²) in [5, 5.41) is 0. The minimum Gasteiger partial charge on any atom is -0.497 e. The molecule has 0 atom stereocenters. The van der Waals surface area contributed by atoms with E-state index in [-0.39, 0.29) is 0 Å². The van der Waals surface area contributed by atoms with E-state index in [0.717, 1.165) is 30.1 Å². The Morgan fingerprint density at radius 3 is 2.64 bits per heavy atom. The Morgan fingerprint density at radius 1 is 1.09 bits per heavy atom. The van der Waals surface area contributed by atoms with E-state index in [4.69, 9.17) is 15.2 Å². The Bertz CT molecular complexity index is 754. The van der Waals surface area contributed by atoms with Gasteiger partial charge in [-0.1, -0.05) is 0 Å². The van der Waals surface area contributed by atoms with Gasteiger partial charge in [0.2, 0.25) is 0 Å². The highest BCUT2D eigenvalue weighted by atomic mass is 16.5. The third kappa shape index (κ3) is 2.93. The second kappa shape index (κ2) is 6.30. The molecule has 0 spiro atoms. The number of hydrogen-bond donors (Lipinski definition) is 1. The predicted molar refractivity (Wildman–Crippen MR) is 82.8 cm³/mol. The van der Waals surface area contributed by atoms with E-state index in [1.165, 1.54) is 6.33 Å². The third-order valence-corrected chi connectivity index (χ3v) is 3.30. The molecule has 0 saturated carbocycles. The SMILES string of the molecule is COc1ccc(OCCCn2cnc3c(N)ncnc32)cc1. The fourth-order valence-corrected chi connectivity index (χ4v) is 2.16. The lowest BCUT2D eigenvalue weighted by Gasteiger charge is -2.07. The lowest BCUT2D eigenvalue weighted by atomic mass is 10.3. The number of aromatic nitrogens is 4. The average molecular weight is 299 g/mol. The number of fused-ring (bicyclic) bond motifs is 1. The van der Waals surface area contributed by atoms with Crippen LogP contribution < -0.4 is 15.2 Å². The van der Waals surface area contributed by atoms with Crippen molar-refractivity contribution in [2.24, 2.45) is 0 Å². The highest BCUT2D eigenvalue weighted by Gasteiger charge is 2.07. The van der Waals surface area contributed by atoms with E-state index in [9.17, 15) is 0 Å². The number of methoxy groups -OCH3 is 1. The van der Waals surface area contributed by atoms with Crippen LogP contribution in [-0.4, -0.2) is 33.2 Å². The highest BCUT2D eigenvalue weighted by Crippen LogP contribution is 2.17. The monoisotopic (exact) mass is 299 g/mol. The normalized spacial score (nSPS) is 10.8. The van der Waals surface area contributed by atoms with Gasteiger partial charge < -0.3 is 19.8 Å². The van der Waals surface area contributed by atoms with Crippen LogP contribution in [0.3, 0.4) is 0 Å². The molecule has 0 bridgehead atoms. The molecule has 7 heteroatoms. The first-order chi connectivity index (χ1) is 10.8. The van der Waals surface area contributed by atoms with Gasteiger partial charge in [0.05, 0.1) is 20.0 Å². The van der Waals surface area contributed by atoms with Crippen molar-refractivity contribution in [1.82, 2.24) is 19.5 Å². The van der Waals surface area contributed by atoms with Crippen molar-refractivity contribution in [2.45, 2.75) is 13.0 Å². The van der Waals surface area contributed by atoms with Gasteiger partial charge in [0, 0.05) is 6.54 Å².